The highest BCUT2D eigenvalue weighted by atomic mass is 32.2. The van der Waals surface area contributed by atoms with Gasteiger partial charge in [0.25, 0.3) is 0 Å². The highest BCUT2D eigenvalue weighted by Crippen LogP contribution is 2.31. The Morgan fingerprint density at radius 1 is 1.20 bits per heavy atom. The van der Waals surface area contributed by atoms with Crippen LogP contribution in [0, 0.1) is 11.8 Å². The van der Waals surface area contributed by atoms with Crippen molar-refractivity contribution in [2.24, 2.45) is 11.8 Å². The number of aliphatic hydroxyl groups is 1. The minimum atomic E-state index is -3.37. The average Bonchev–Trinajstić information content (AvgIpc) is 2.93. The van der Waals surface area contributed by atoms with Crippen molar-refractivity contribution < 1.29 is 13.5 Å². The lowest BCUT2D eigenvalue weighted by Crippen LogP contribution is -2.21. The van der Waals surface area contributed by atoms with Gasteiger partial charge in [0.2, 0.25) is 10.0 Å². The summed E-state index contributed by atoms with van der Waals surface area (Å²) in [6, 6.07) is 6.72. The van der Waals surface area contributed by atoms with Gasteiger partial charge in [-0.25, -0.2) is 13.1 Å². The molecule has 0 amide bonds. The van der Waals surface area contributed by atoms with Gasteiger partial charge in [-0.2, -0.15) is 0 Å². The zero-order chi connectivity index (χ0) is 14.6. The van der Waals surface area contributed by atoms with Crippen molar-refractivity contribution in [1.82, 2.24) is 4.72 Å². The Hall–Kier alpha value is -1.11. The molecule has 1 aromatic carbocycles. The van der Waals surface area contributed by atoms with Crippen molar-refractivity contribution in [2.45, 2.75) is 24.2 Å². The van der Waals surface area contributed by atoms with Crippen molar-refractivity contribution in [3.05, 3.63) is 24.3 Å². The average molecular weight is 298 g/mol. The molecule has 1 aliphatic rings. The molecule has 0 aliphatic heterocycles. The Morgan fingerprint density at radius 2 is 1.85 bits per heavy atom. The fourth-order valence-electron chi connectivity index (χ4n) is 2.74. The van der Waals surface area contributed by atoms with E-state index in [1.165, 1.54) is 13.5 Å². The zero-order valence-corrected chi connectivity index (χ0v) is 12.5. The second-order valence-electron chi connectivity index (χ2n) is 5.25. The Morgan fingerprint density at radius 3 is 2.45 bits per heavy atom. The first-order valence-corrected chi connectivity index (χ1v) is 8.43. The highest BCUT2D eigenvalue weighted by Gasteiger charge is 2.26. The maximum atomic E-state index is 11.6. The van der Waals surface area contributed by atoms with Gasteiger partial charge in [0.05, 0.1) is 4.90 Å². The number of anilines is 1. The smallest absolute Gasteiger partial charge is 0.240 e. The van der Waals surface area contributed by atoms with E-state index in [9.17, 15) is 13.5 Å². The lowest BCUT2D eigenvalue weighted by Gasteiger charge is -2.18. The Bertz CT molecular complexity index is 528. The lowest BCUT2D eigenvalue weighted by molar-refractivity contribution is 0.199. The number of benzene rings is 1. The van der Waals surface area contributed by atoms with Gasteiger partial charge in [-0.15, -0.1) is 0 Å². The van der Waals surface area contributed by atoms with Gasteiger partial charge >= 0.3 is 0 Å². The van der Waals surface area contributed by atoms with E-state index < -0.39 is 10.0 Å². The van der Waals surface area contributed by atoms with Gasteiger partial charge in [0, 0.05) is 18.8 Å². The van der Waals surface area contributed by atoms with Gasteiger partial charge in [0.1, 0.15) is 0 Å². The first-order chi connectivity index (χ1) is 9.56. The van der Waals surface area contributed by atoms with Crippen LogP contribution in [-0.4, -0.2) is 33.7 Å². The van der Waals surface area contributed by atoms with Gasteiger partial charge in [0.15, 0.2) is 0 Å². The number of hydrogen-bond donors (Lipinski definition) is 3. The first-order valence-electron chi connectivity index (χ1n) is 6.95. The predicted octanol–water partition coefficient (Wildman–Crippen LogP) is 1.42. The van der Waals surface area contributed by atoms with E-state index in [-0.39, 0.29) is 11.5 Å². The Kier molecular flexibility index (Phi) is 5.01. The van der Waals surface area contributed by atoms with Crippen LogP contribution in [0.5, 0.6) is 0 Å². The largest absolute Gasteiger partial charge is 0.396 e. The summed E-state index contributed by atoms with van der Waals surface area (Å²) in [4.78, 5) is 0.264. The summed E-state index contributed by atoms with van der Waals surface area (Å²) >= 11 is 0. The van der Waals surface area contributed by atoms with E-state index in [2.05, 4.69) is 10.0 Å². The van der Waals surface area contributed by atoms with Gasteiger partial charge in [-0.05, 0) is 56.0 Å². The normalized spacial score (nSPS) is 22.9. The first kappa shape index (κ1) is 15.3. The molecule has 0 saturated heterocycles. The van der Waals surface area contributed by atoms with E-state index in [0.29, 0.717) is 11.8 Å². The van der Waals surface area contributed by atoms with Crippen molar-refractivity contribution in [3.8, 4) is 0 Å². The van der Waals surface area contributed by atoms with E-state index in [0.717, 1.165) is 25.1 Å². The molecule has 2 atom stereocenters. The maximum absolute atomic E-state index is 11.6. The molecule has 6 heteroatoms. The fraction of sp³-hybridized carbons (Fsp3) is 0.571. The number of nitrogens with one attached hydrogen (secondary N) is 2. The van der Waals surface area contributed by atoms with Crippen LogP contribution in [0.3, 0.4) is 0 Å². The molecule has 112 valence electrons. The topological polar surface area (TPSA) is 78.4 Å². The molecule has 5 nitrogen and oxygen atoms in total. The van der Waals surface area contributed by atoms with Crippen LogP contribution in [-0.2, 0) is 10.0 Å². The SMILES string of the molecule is CNS(=O)(=O)c1ccc(NCC2CCCC2CO)cc1. The standard InChI is InChI=1S/C14H22N2O3S/c1-15-20(18,19)14-7-5-13(6-8-14)16-9-11-3-2-4-12(11)10-17/h5-8,11-12,15-17H,2-4,9-10H2,1H3. The molecule has 0 bridgehead atoms. The summed E-state index contributed by atoms with van der Waals surface area (Å²) in [6.07, 6.45) is 3.42. The second kappa shape index (κ2) is 6.56. The third-order valence-corrected chi connectivity index (χ3v) is 5.48. The molecule has 20 heavy (non-hydrogen) atoms. The minimum absolute atomic E-state index is 0.256. The predicted molar refractivity (Wildman–Crippen MR) is 79.1 cm³/mol. The van der Waals surface area contributed by atoms with E-state index in [1.807, 2.05) is 0 Å². The Balaban J connectivity index is 1.94. The molecular weight excluding hydrogens is 276 g/mol. The molecule has 2 rings (SSSR count). The van der Waals surface area contributed by atoms with Crippen molar-refractivity contribution >= 4 is 15.7 Å². The summed E-state index contributed by atoms with van der Waals surface area (Å²) < 4.78 is 25.5. The van der Waals surface area contributed by atoms with Crippen LogP contribution in [0.4, 0.5) is 5.69 Å². The van der Waals surface area contributed by atoms with Gasteiger partial charge in [-0.3, -0.25) is 0 Å². The zero-order valence-electron chi connectivity index (χ0n) is 11.7. The van der Waals surface area contributed by atoms with Crippen LogP contribution in [0.1, 0.15) is 19.3 Å². The van der Waals surface area contributed by atoms with E-state index >= 15 is 0 Å². The molecule has 0 radical (unpaired) electrons. The van der Waals surface area contributed by atoms with Crippen molar-refractivity contribution in [2.75, 3.05) is 25.5 Å². The second-order valence-corrected chi connectivity index (χ2v) is 7.13. The monoisotopic (exact) mass is 298 g/mol. The summed E-state index contributed by atoms with van der Waals surface area (Å²) in [5.74, 6) is 0.896. The third kappa shape index (κ3) is 3.50. The summed E-state index contributed by atoms with van der Waals surface area (Å²) in [7, 11) is -1.97. The maximum Gasteiger partial charge on any atom is 0.240 e. The number of hydrogen-bond acceptors (Lipinski definition) is 4. The molecule has 1 aromatic rings. The van der Waals surface area contributed by atoms with Gasteiger partial charge in [-0.1, -0.05) is 6.42 Å². The number of rotatable bonds is 6. The van der Waals surface area contributed by atoms with E-state index in [4.69, 9.17) is 0 Å². The minimum Gasteiger partial charge on any atom is -0.396 e. The quantitative estimate of drug-likeness (QED) is 0.742. The van der Waals surface area contributed by atoms with Crippen molar-refractivity contribution in [3.63, 3.8) is 0 Å². The molecule has 1 aliphatic carbocycles. The third-order valence-electron chi connectivity index (χ3n) is 4.05. The highest BCUT2D eigenvalue weighted by molar-refractivity contribution is 7.89. The van der Waals surface area contributed by atoms with Gasteiger partial charge < -0.3 is 10.4 Å². The van der Waals surface area contributed by atoms with Crippen LogP contribution < -0.4 is 10.0 Å². The Labute approximate surface area is 120 Å². The lowest BCUT2D eigenvalue weighted by atomic mass is 9.97. The fourth-order valence-corrected chi connectivity index (χ4v) is 3.47. The molecular formula is C14H22N2O3S. The molecule has 0 spiro atoms. The molecule has 3 N–H and O–H groups in total. The van der Waals surface area contributed by atoms with Crippen LogP contribution in [0.25, 0.3) is 0 Å². The van der Waals surface area contributed by atoms with Crippen LogP contribution >= 0.6 is 0 Å². The molecule has 1 fully saturated rings. The number of aliphatic hydroxyl groups excluding tert-OH is 1. The molecule has 1 saturated carbocycles. The summed E-state index contributed by atoms with van der Waals surface area (Å²) in [5.41, 5.74) is 0.906. The summed E-state index contributed by atoms with van der Waals surface area (Å²) in [5, 5.41) is 12.6. The van der Waals surface area contributed by atoms with Crippen LogP contribution in [0.2, 0.25) is 0 Å². The molecule has 2 unspecified atom stereocenters. The molecule has 0 heterocycles. The van der Waals surface area contributed by atoms with Crippen molar-refractivity contribution in [1.29, 1.82) is 0 Å². The van der Waals surface area contributed by atoms with Crippen LogP contribution in [0.15, 0.2) is 29.2 Å². The van der Waals surface area contributed by atoms with E-state index in [1.54, 1.807) is 24.3 Å². The molecule has 0 aromatic heterocycles. The number of sulfonamides is 1. The summed E-state index contributed by atoms with van der Waals surface area (Å²) in [6.45, 7) is 1.08.